The van der Waals surface area contributed by atoms with Crippen molar-refractivity contribution < 1.29 is 0 Å². The molecular formula is C74H52N2S2. The molecule has 370 valence electrons. The predicted octanol–water partition coefficient (Wildman–Crippen LogP) is 22.3. The van der Waals surface area contributed by atoms with Crippen LogP contribution in [-0.4, -0.2) is 0 Å². The number of para-hydroxylation sites is 2. The number of benzene rings is 12. The van der Waals surface area contributed by atoms with Crippen LogP contribution in [0.15, 0.2) is 279 Å². The highest BCUT2D eigenvalue weighted by atomic mass is 32.1. The Labute approximate surface area is 463 Å². The zero-order valence-corrected chi connectivity index (χ0v) is 44.9. The standard InChI is InChI=1S/C74H52N2S2/c1-49-43-55(35-39-67(49)75(59-25-17-23-53(45-59)51-19-5-3-6-20-51)69-31-13-9-27-61(69)57-37-41-73-65(47-57)63-29-11-15-33-71(63)77-73)56-36-40-68(50(2)44-56)76(60-26-18-24-54(46-60)52-21-7-4-8-22-52)70-32-14-10-28-62(70)58-38-42-74-66(48-58)64-30-12-16-34-72(64)78-74/h3-48H,1-2H3. The van der Waals surface area contributed by atoms with Crippen molar-refractivity contribution in [2.45, 2.75) is 13.8 Å². The summed E-state index contributed by atoms with van der Waals surface area (Å²) in [6.07, 6.45) is 0. The third-order valence-corrected chi connectivity index (χ3v) is 17.6. The molecule has 12 aromatic carbocycles. The summed E-state index contributed by atoms with van der Waals surface area (Å²) in [5, 5.41) is 5.18. The number of nitrogens with zero attached hydrogens (tertiary/aromatic N) is 2. The second-order valence-electron chi connectivity index (χ2n) is 20.2. The first kappa shape index (κ1) is 47.2. The Morgan fingerprint density at radius 3 is 1.04 bits per heavy atom. The molecule has 0 bridgehead atoms. The topological polar surface area (TPSA) is 6.48 Å². The lowest BCUT2D eigenvalue weighted by Crippen LogP contribution is -2.13. The van der Waals surface area contributed by atoms with Crippen LogP contribution in [0.4, 0.5) is 34.1 Å². The van der Waals surface area contributed by atoms with E-state index in [1.54, 1.807) is 0 Å². The van der Waals surface area contributed by atoms with Crippen LogP contribution in [0, 0.1) is 13.8 Å². The van der Waals surface area contributed by atoms with Crippen molar-refractivity contribution in [2.24, 2.45) is 0 Å². The van der Waals surface area contributed by atoms with Crippen molar-refractivity contribution in [3.63, 3.8) is 0 Å². The van der Waals surface area contributed by atoms with E-state index >= 15 is 0 Å². The molecule has 0 aliphatic rings. The van der Waals surface area contributed by atoms with Gasteiger partial charge >= 0.3 is 0 Å². The van der Waals surface area contributed by atoms with Crippen LogP contribution in [0.3, 0.4) is 0 Å². The molecule has 0 atom stereocenters. The van der Waals surface area contributed by atoms with E-state index in [0.717, 1.165) is 34.1 Å². The quantitative estimate of drug-likeness (QED) is 0.127. The number of aryl methyl sites for hydroxylation is 2. The number of fused-ring (bicyclic) bond motifs is 6. The van der Waals surface area contributed by atoms with Crippen LogP contribution in [0.1, 0.15) is 11.1 Å². The van der Waals surface area contributed by atoms with Crippen molar-refractivity contribution in [1.82, 2.24) is 0 Å². The fourth-order valence-electron chi connectivity index (χ4n) is 11.5. The van der Waals surface area contributed by atoms with Gasteiger partial charge in [-0.25, -0.2) is 0 Å². The summed E-state index contributed by atoms with van der Waals surface area (Å²) in [5.41, 5.74) is 20.8. The van der Waals surface area contributed by atoms with Gasteiger partial charge in [0.05, 0.1) is 11.4 Å². The highest BCUT2D eigenvalue weighted by molar-refractivity contribution is 7.26. The Hall–Kier alpha value is -9.32. The lowest BCUT2D eigenvalue weighted by molar-refractivity contribution is 1.24. The molecule has 2 heterocycles. The van der Waals surface area contributed by atoms with Gasteiger partial charge in [0, 0.05) is 74.2 Å². The third-order valence-electron chi connectivity index (χ3n) is 15.3. The third kappa shape index (κ3) is 8.62. The lowest BCUT2D eigenvalue weighted by atomic mass is 9.96. The first-order chi connectivity index (χ1) is 38.5. The first-order valence-electron chi connectivity index (χ1n) is 26.6. The average molecular weight is 1030 g/mol. The highest BCUT2D eigenvalue weighted by Crippen LogP contribution is 2.48. The summed E-state index contributed by atoms with van der Waals surface area (Å²) in [4.78, 5) is 4.92. The molecule has 0 aliphatic heterocycles. The average Bonchev–Trinajstić information content (AvgIpc) is 4.20. The molecule has 14 rings (SSSR count). The second-order valence-corrected chi connectivity index (χ2v) is 22.3. The SMILES string of the molecule is Cc1cc(-c2ccc(N(c3cccc(-c4ccccc4)c3)c3ccccc3-c3ccc4sc5ccccc5c4c3)c(C)c2)ccc1N(c1cccc(-c2ccccc2)c1)c1ccccc1-c1ccc2sc3ccccc3c2c1. The number of thiophene rings is 2. The minimum absolute atomic E-state index is 1.10. The monoisotopic (exact) mass is 1030 g/mol. The Morgan fingerprint density at radius 1 is 0.231 bits per heavy atom. The highest BCUT2D eigenvalue weighted by Gasteiger charge is 2.23. The van der Waals surface area contributed by atoms with E-state index < -0.39 is 0 Å². The fourth-order valence-corrected chi connectivity index (χ4v) is 13.7. The van der Waals surface area contributed by atoms with Gasteiger partial charge < -0.3 is 9.80 Å². The van der Waals surface area contributed by atoms with Gasteiger partial charge in [-0.15, -0.1) is 22.7 Å². The maximum atomic E-state index is 2.46. The van der Waals surface area contributed by atoms with Crippen molar-refractivity contribution in [3.8, 4) is 55.6 Å². The minimum atomic E-state index is 1.10. The zero-order valence-electron chi connectivity index (χ0n) is 43.3. The number of hydrogen-bond donors (Lipinski definition) is 0. The Morgan fingerprint density at radius 2 is 0.590 bits per heavy atom. The van der Waals surface area contributed by atoms with Crippen LogP contribution in [0.2, 0.25) is 0 Å². The van der Waals surface area contributed by atoms with E-state index in [1.165, 1.54) is 107 Å². The fraction of sp³-hybridized carbons (Fsp3) is 0.0270. The van der Waals surface area contributed by atoms with Crippen molar-refractivity contribution in [2.75, 3.05) is 9.80 Å². The van der Waals surface area contributed by atoms with E-state index in [-0.39, 0.29) is 0 Å². The van der Waals surface area contributed by atoms with Crippen LogP contribution >= 0.6 is 22.7 Å². The van der Waals surface area contributed by atoms with Gasteiger partial charge in [-0.05, 0) is 167 Å². The smallest absolute Gasteiger partial charge is 0.0540 e. The molecule has 78 heavy (non-hydrogen) atoms. The lowest BCUT2D eigenvalue weighted by Gasteiger charge is -2.30. The maximum Gasteiger partial charge on any atom is 0.0540 e. The number of hydrogen-bond acceptors (Lipinski definition) is 4. The molecule has 14 aromatic rings. The van der Waals surface area contributed by atoms with Gasteiger partial charge in [-0.1, -0.05) is 182 Å². The van der Waals surface area contributed by atoms with Crippen molar-refractivity contribution in [3.05, 3.63) is 290 Å². The van der Waals surface area contributed by atoms with Crippen LogP contribution in [-0.2, 0) is 0 Å². The van der Waals surface area contributed by atoms with Crippen LogP contribution < -0.4 is 9.80 Å². The molecule has 0 spiro atoms. The Balaban J connectivity index is 0.880. The summed E-state index contributed by atoms with van der Waals surface area (Å²) >= 11 is 3.72. The number of rotatable bonds is 11. The van der Waals surface area contributed by atoms with Gasteiger partial charge in [0.15, 0.2) is 0 Å². The Bertz CT molecular complexity index is 4260. The molecule has 0 amide bonds. The number of anilines is 6. The molecule has 2 nitrogen and oxygen atoms in total. The molecule has 2 aromatic heterocycles. The molecule has 0 aliphatic carbocycles. The molecule has 0 saturated heterocycles. The van der Waals surface area contributed by atoms with Gasteiger partial charge in [-0.3, -0.25) is 0 Å². The van der Waals surface area contributed by atoms with E-state index in [4.69, 9.17) is 0 Å². The van der Waals surface area contributed by atoms with Gasteiger partial charge in [-0.2, -0.15) is 0 Å². The largest absolute Gasteiger partial charge is 0.310 e. The molecule has 0 fully saturated rings. The van der Waals surface area contributed by atoms with E-state index in [1.807, 2.05) is 22.7 Å². The maximum absolute atomic E-state index is 2.46. The van der Waals surface area contributed by atoms with Crippen molar-refractivity contribution in [1.29, 1.82) is 0 Å². The molecule has 0 radical (unpaired) electrons. The molecule has 0 unspecified atom stereocenters. The van der Waals surface area contributed by atoms with E-state index in [2.05, 4.69) is 303 Å². The zero-order chi connectivity index (χ0) is 52.1. The summed E-state index contributed by atoms with van der Waals surface area (Å²) in [7, 11) is 0. The summed E-state index contributed by atoms with van der Waals surface area (Å²) in [6.45, 7) is 4.52. The van der Waals surface area contributed by atoms with Crippen molar-refractivity contribution >= 4 is 97.1 Å². The van der Waals surface area contributed by atoms with Gasteiger partial charge in [0.1, 0.15) is 0 Å². The first-order valence-corrected chi connectivity index (χ1v) is 28.3. The molecule has 0 N–H and O–H groups in total. The summed E-state index contributed by atoms with van der Waals surface area (Å²) < 4.78 is 5.22. The van der Waals surface area contributed by atoms with E-state index in [0.29, 0.717) is 0 Å². The summed E-state index contributed by atoms with van der Waals surface area (Å²) in [5.74, 6) is 0. The minimum Gasteiger partial charge on any atom is -0.310 e. The second kappa shape index (κ2) is 20.0. The van der Waals surface area contributed by atoms with Crippen LogP contribution in [0.5, 0.6) is 0 Å². The van der Waals surface area contributed by atoms with Crippen LogP contribution in [0.25, 0.3) is 96.0 Å². The molecule has 4 heteroatoms. The van der Waals surface area contributed by atoms with Gasteiger partial charge in [0.25, 0.3) is 0 Å². The predicted molar refractivity (Wildman–Crippen MR) is 338 cm³/mol. The Kier molecular flexibility index (Phi) is 12.1. The van der Waals surface area contributed by atoms with E-state index in [9.17, 15) is 0 Å². The molecule has 0 saturated carbocycles. The molecular weight excluding hydrogens is 981 g/mol. The normalized spacial score (nSPS) is 11.5. The summed E-state index contributed by atoms with van der Waals surface area (Å²) in [6, 6.07) is 103. The van der Waals surface area contributed by atoms with Gasteiger partial charge in [0.2, 0.25) is 0 Å².